The third-order valence-corrected chi connectivity index (χ3v) is 16.9. The van der Waals surface area contributed by atoms with Crippen LogP contribution in [0, 0.1) is 62.6 Å². The summed E-state index contributed by atoms with van der Waals surface area (Å²) in [6.45, 7) is 24.4. The molecule has 0 spiro atoms. The number of anilines is 1. The van der Waals surface area contributed by atoms with Gasteiger partial charge in [-0.15, -0.1) is 0 Å². The molecule has 12 atom stereocenters. The number of nitrogens with two attached hydrogens (primary N) is 2. The minimum absolute atomic E-state index is 0.114. The SMILES string of the molecule is CC(C)[C@@H](C)[C@@]1(C)CC[C@]2(C)[C@H]3CC[C@H]4C5(C)COC[C@@]4(C[C@@H](n4nc(C6CC6)nc4N)[C@@H]5OC[C@](C)(N)C(C)C)C3=CC[C@@]2(C)[C@@H]1C(=O)O. The fraction of sp³-hybridized carbons (Fsp3) is 0.878. The van der Waals surface area contributed by atoms with Gasteiger partial charge in [0.05, 0.1) is 37.9 Å². The van der Waals surface area contributed by atoms with Crippen molar-refractivity contribution in [3.05, 3.63) is 17.5 Å². The molecular weight excluding hydrogens is 626 g/mol. The monoisotopic (exact) mass is 694 g/mol. The van der Waals surface area contributed by atoms with Crippen LogP contribution in [-0.4, -0.2) is 57.3 Å². The Bertz CT molecular complexity index is 1530. The number of hydrogen-bond acceptors (Lipinski definition) is 7. The third-order valence-electron chi connectivity index (χ3n) is 16.9. The number of allylic oxidation sites excluding steroid dienone is 1. The molecule has 5 N–H and O–H groups in total. The fourth-order valence-corrected chi connectivity index (χ4v) is 12.7. The first kappa shape index (κ1) is 36.4. The molecule has 0 radical (unpaired) electrons. The van der Waals surface area contributed by atoms with Crippen molar-refractivity contribution in [1.82, 2.24) is 14.8 Å². The van der Waals surface area contributed by atoms with E-state index in [1.165, 1.54) is 5.57 Å². The van der Waals surface area contributed by atoms with Crippen LogP contribution < -0.4 is 11.5 Å². The molecule has 0 aromatic carbocycles. The number of nitrogens with zero attached hydrogens (tertiary/aromatic N) is 3. The maximum Gasteiger partial charge on any atom is 0.307 e. The van der Waals surface area contributed by atoms with E-state index in [1.807, 2.05) is 4.68 Å². The number of hydrogen-bond donors (Lipinski definition) is 3. The van der Waals surface area contributed by atoms with Crippen molar-refractivity contribution in [3.63, 3.8) is 0 Å². The summed E-state index contributed by atoms with van der Waals surface area (Å²) in [6, 6.07) is -0.114. The Kier molecular flexibility index (Phi) is 8.56. The lowest BCUT2D eigenvalue weighted by Crippen LogP contribution is -2.69. The lowest BCUT2D eigenvalue weighted by molar-refractivity contribution is -0.252. The molecule has 1 aliphatic heterocycles. The van der Waals surface area contributed by atoms with E-state index in [1.54, 1.807) is 0 Å². The van der Waals surface area contributed by atoms with Gasteiger partial charge in [-0.3, -0.25) is 4.79 Å². The van der Waals surface area contributed by atoms with E-state index < -0.39 is 17.4 Å². The highest BCUT2D eigenvalue weighted by atomic mass is 16.5. The van der Waals surface area contributed by atoms with Gasteiger partial charge in [-0.25, -0.2) is 4.68 Å². The number of carboxylic acids is 1. The number of ether oxygens (including phenoxy) is 2. The second-order valence-electron chi connectivity index (χ2n) is 20.1. The average molecular weight is 694 g/mol. The van der Waals surface area contributed by atoms with Crippen molar-refractivity contribution in [3.8, 4) is 0 Å². The summed E-state index contributed by atoms with van der Waals surface area (Å²) in [5.74, 6) is 2.35. The lowest BCUT2D eigenvalue weighted by atomic mass is 9.34. The van der Waals surface area contributed by atoms with Crippen LogP contribution in [0.1, 0.15) is 138 Å². The van der Waals surface area contributed by atoms with Gasteiger partial charge < -0.3 is 26.0 Å². The molecule has 1 aromatic heterocycles. The molecule has 1 unspecified atom stereocenters. The van der Waals surface area contributed by atoms with E-state index in [9.17, 15) is 9.90 Å². The van der Waals surface area contributed by atoms with E-state index in [4.69, 9.17) is 31.0 Å². The van der Waals surface area contributed by atoms with Gasteiger partial charge >= 0.3 is 5.97 Å². The van der Waals surface area contributed by atoms with Crippen LogP contribution in [0.25, 0.3) is 0 Å². The lowest BCUT2D eigenvalue weighted by Gasteiger charge is -2.71. The summed E-state index contributed by atoms with van der Waals surface area (Å²) in [4.78, 5) is 18.3. The molecule has 7 rings (SSSR count). The molecule has 0 amide bonds. The third kappa shape index (κ3) is 4.97. The first-order chi connectivity index (χ1) is 23.3. The zero-order valence-corrected chi connectivity index (χ0v) is 32.7. The second kappa shape index (κ2) is 11.8. The highest BCUT2D eigenvalue weighted by molar-refractivity contribution is 5.73. The zero-order valence-electron chi connectivity index (χ0n) is 32.7. The minimum atomic E-state index is -0.621. The first-order valence-electron chi connectivity index (χ1n) is 19.9. The van der Waals surface area contributed by atoms with Crippen molar-refractivity contribution in [2.45, 2.75) is 144 Å². The van der Waals surface area contributed by atoms with Crippen LogP contribution in [0.4, 0.5) is 5.95 Å². The summed E-state index contributed by atoms with van der Waals surface area (Å²) >= 11 is 0. The first-order valence-corrected chi connectivity index (χ1v) is 19.9. The summed E-state index contributed by atoms with van der Waals surface area (Å²) < 4.78 is 15.8. The number of carbonyl (C=O) groups is 1. The molecule has 280 valence electrons. The Labute approximate surface area is 301 Å². The van der Waals surface area contributed by atoms with Crippen molar-refractivity contribution >= 4 is 11.9 Å². The molecule has 5 aliphatic carbocycles. The van der Waals surface area contributed by atoms with E-state index in [0.29, 0.717) is 55.4 Å². The summed E-state index contributed by atoms with van der Waals surface area (Å²) in [5, 5.41) is 16.2. The number of carboxylic acid groups (broad SMARTS) is 1. The number of fused-ring (bicyclic) bond motifs is 3. The molecule has 1 aromatic rings. The maximum absolute atomic E-state index is 13.5. The second-order valence-corrected chi connectivity index (χ2v) is 20.1. The fourth-order valence-electron chi connectivity index (χ4n) is 12.7. The Hall–Kier alpha value is -1.97. The van der Waals surface area contributed by atoms with Gasteiger partial charge in [0.15, 0.2) is 5.82 Å². The van der Waals surface area contributed by atoms with Crippen molar-refractivity contribution in [2.24, 2.45) is 68.3 Å². The van der Waals surface area contributed by atoms with Gasteiger partial charge in [0.1, 0.15) is 0 Å². The topological polar surface area (TPSA) is 139 Å². The highest BCUT2D eigenvalue weighted by Gasteiger charge is 2.72. The van der Waals surface area contributed by atoms with E-state index in [-0.39, 0.29) is 45.1 Å². The quantitative estimate of drug-likeness (QED) is 0.225. The smallest absolute Gasteiger partial charge is 0.307 e. The maximum atomic E-state index is 13.5. The summed E-state index contributed by atoms with van der Waals surface area (Å²) in [6.07, 6.45) is 10.3. The number of aromatic nitrogens is 3. The highest BCUT2D eigenvalue weighted by Crippen LogP contribution is 2.75. The molecule has 50 heavy (non-hydrogen) atoms. The predicted molar refractivity (Wildman–Crippen MR) is 196 cm³/mol. The van der Waals surface area contributed by atoms with Crippen LogP contribution in [0.3, 0.4) is 0 Å². The Morgan fingerprint density at radius 2 is 1.78 bits per heavy atom. The van der Waals surface area contributed by atoms with Crippen LogP contribution >= 0.6 is 0 Å². The van der Waals surface area contributed by atoms with Crippen molar-refractivity contribution in [1.29, 1.82) is 0 Å². The van der Waals surface area contributed by atoms with E-state index in [2.05, 4.69) is 75.3 Å². The Balaban J connectivity index is 1.33. The normalized spacial score (nSPS) is 44.5. The van der Waals surface area contributed by atoms with Crippen LogP contribution in [-0.2, 0) is 14.3 Å². The Morgan fingerprint density at radius 3 is 2.40 bits per heavy atom. The van der Waals surface area contributed by atoms with Crippen LogP contribution in [0.5, 0.6) is 0 Å². The molecule has 6 aliphatic rings. The molecule has 9 heteroatoms. The molecule has 9 nitrogen and oxygen atoms in total. The van der Waals surface area contributed by atoms with Gasteiger partial charge in [0.2, 0.25) is 5.95 Å². The number of rotatable bonds is 9. The molecule has 2 heterocycles. The van der Waals surface area contributed by atoms with Gasteiger partial charge in [0, 0.05) is 22.3 Å². The van der Waals surface area contributed by atoms with Gasteiger partial charge in [-0.2, -0.15) is 10.1 Å². The van der Waals surface area contributed by atoms with E-state index in [0.717, 1.165) is 57.2 Å². The molecule has 1 saturated heterocycles. The van der Waals surface area contributed by atoms with Gasteiger partial charge in [0.25, 0.3) is 0 Å². The largest absolute Gasteiger partial charge is 0.481 e. The molecule has 5 fully saturated rings. The van der Waals surface area contributed by atoms with E-state index >= 15 is 0 Å². The average Bonchev–Trinajstić information content (AvgIpc) is 3.81. The minimum Gasteiger partial charge on any atom is -0.481 e. The molecule has 2 bridgehead atoms. The van der Waals surface area contributed by atoms with Crippen molar-refractivity contribution in [2.75, 3.05) is 25.6 Å². The van der Waals surface area contributed by atoms with Crippen LogP contribution in [0.2, 0.25) is 0 Å². The number of nitrogen functional groups attached to an aromatic ring is 1. The van der Waals surface area contributed by atoms with Crippen LogP contribution in [0.15, 0.2) is 11.6 Å². The van der Waals surface area contributed by atoms with Gasteiger partial charge in [-0.1, -0.05) is 74.0 Å². The molecular formula is C41H67N5O4. The number of aliphatic carboxylic acids is 1. The zero-order chi connectivity index (χ0) is 36.4. The van der Waals surface area contributed by atoms with Crippen molar-refractivity contribution < 1.29 is 19.4 Å². The summed E-state index contributed by atoms with van der Waals surface area (Å²) in [7, 11) is 0. The Morgan fingerprint density at radius 1 is 1.08 bits per heavy atom. The van der Waals surface area contributed by atoms with Gasteiger partial charge in [-0.05, 0) is 104 Å². The molecule has 4 saturated carbocycles. The summed E-state index contributed by atoms with van der Waals surface area (Å²) in [5.41, 5.74) is 13.4. The standard InChI is InChI=1S/C41H67N5O4/c1-23(2)25(5)36(6)17-18-38(8)27-13-14-30-37(7)20-49-22-41(30,28(27)15-16-39(38,9)31(36)34(47)48)19-29(32(37)50-21-40(10,43)24(3)4)46-35(42)44-33(45-46)26-11-12-26/h15,23-27,29-32H,11-14,16-22,43H2,1-10H3,(H,47,48)(H2,42,44,45)/t25-,27+,29-,30+,31-,32+,36-,37?,38-,39+,40+,41+/m1/s1. The predicted octanol–water partition coefficient (Wildman–Crippen LogP) is 7.63.